The minimum absolute atomic E-state index is 0.0973. The molecule has 3 aromatic heterocycles. The van der Waals surface area contributed by atoms with Crippen LogP contribution in [0.2, 0.25) is 0 Å². The van der Waals surface area contributed by atoms with Crippen molar-refractivity contribution in [2.45, 2.75) is 13.1 Å². The van der Waals surface area contributed by atoms with Gasteiger partial charge in [-0.2, -0.15) is 13.2 Å². The van der Waals surface area contributed by atoms with Crippen molar-refractivity contribution in [3.63, 3.8) is 0 Å². The van der Waals surface area contributed by atoms with Crippen molar-refractivity contribution in [3.05, 3.63) is 82.5 Å². The molecule has 0 saturated carbocycles. The van der Waals surface area contributed by atoms with E-state index in [4.69, 9.17) is 0 Å². The number of thiophene rings is 1. The molecule has 6 rings (SSSR count). The molecule has 1 aliphatic rings. The lowest BCUT2D eigenvalue weighted by Crippen LogP contribution is -2.44. The number of hydrogen-bond donors (Lipinski definition) is 3. The van der Waals surface area contributed by atoms with Gasteiger partial charge in [0.05, 0.1) is 10.4 Å². The zero-order valence-electron chi connectivity index (χ0n) is 22.8. The number of benzene rings is 2. The van der Waals surface area contributed by atoms with E-state index < -0.39 is 17.6 Å². The molecule has 0 radical (unpaired) electrons. The van der Waals surface area contributed by atoms with E-state index in [1.807, 2.05) is 24.9 Å². The van der Waals surface area contributed by atoms with Crippen LogP contribution in [-0.4, -0.2) is 59.9 Å². The molecule has 0 aliphatic carbocycles. The van der Waals surface area contributed by atoms with Gasteiger partial charge in [-0.3, -0.25) is 9.59 Å². The highest BCUT2D eigenvalue weighted by Crippen LogP contribution is 2.34. The molecule has 0 bridgehead atoms. The summed E-state index contributed by atoms with van der Waals surface area (Å²) >= 11 is 1.35. The molecule has 0 unspecified atom stereocenters. The minimum Gasteiger partial charge on any atom is -0.369 e. The highest BCUT2D eigenvalue weighted by Gasteiger charge is 2.32. The van der Waals surface area contributed by atoms with Crippen LogP contribution in [-0.2, 0) is 6.18 Å². The number of fused-ring (bicyclic) bond motifs is 3. The summed E-state index contributed by atoms with van der Waals surface area (Å²) in [4.78, 5) is 38.3. The molecular weight excluding hydrogens is 565 g/mol. The van der Waals surface area contributed by atoms with Gasteiger partial charge in [-0.05, 0) is 62.0 Å². The highest BCUT2D eigenvalue weighted by molar-refractivity contribution is 7.21. The Morgan fingerprint density at radius 2 is 1.76 bits per heavy atom. The quantitative estimate of drug-likeness (QED) is 0.221. The molecule has 0 spiro atoms. The number of anilines is 3. The van der Waals surface area contributed by atoms with Gasteiger partial charge in [0.1, 0.15) is 5.65 Å². The number of likely N-dealkylation sites (N-methyl/N-ethyl adjacent to an activating group) is 1. The van der Waals surface area contributed by atoms with Gasteiger partial charge < -0.3 is 25.4 Å². The van der Waals surface area contributed by atoms with E-state index in [-0.39, 0.29) is 11.5 Å². The second kappa shape index (κ2) is 10.8. The molecule has 1 saturated heterocycles. The van der Waals surface area contributed by atoms with Gasteiger partial charge in [0, 0.05) is 76.7 Å². The van der Waals surface area contributed by atoms with E-state index in [2.05, 4.69) is 25.5 Å². The number of rotatable bonds is 5. The van der Waals surface area contributed by atoms with Crippen LogP contribution in [0.5, 0.6) is 0 Å². The molecule has 1 aliphatic heterocycles. The van der Waals surface area contributed by atoms with Gasteiger partial charge in [-0.25, -0.2) is 4.98 Å². The zero-order chi connectivity index (χ0) is 29.6. The summed E-state index contributed by atoms with van der Waals surface area (Å²) in [6.07, 6.45) is -1.09. The van der Waals surface area contributed by atoms with Crippen molar-refractivity contribution in [3.8, 4) is 0 Å². The predicted molar refractivity (Wildman–Crippen MR) is 160 cm³/mol. The number of carbonyl (C=O) groups is 2. The lowest BCUT2D eigenvalue weighted by atomic mass is 10.1. The topological polar surface area (TPSA) is 93.4 Å². The minimum atomic E-state index is -4.60. The second-order valence-corrected chi connectivity index (χ2v) is 11.4. The number of H-pyrrole nitrogens is 1. The maximum absolute atomic E-state index is 13.8. The number of pyridine rings is 1. The highest BCUT2D eigenvalue weighted by atomic mass is 32.1. The van der Waals surface area contributed by atoms with Crippen molar-refractivity contribution in [2.75, 3.05) is 48.8 Å². The number of nitrogens with one attached hydrogen (secondary N) is 3. The lowest BCUT2D eigenvalue weighted by molar-refractivity contribution is -0.137. The number of carbonyl (C=O) groups excluding carboxylic acids is 2. The summed E-state index contributed by atoms with van der Waals surface area (Å²) in [6, 6.07) is 12.1. The molecule has 42 heavy (non-hydrogen) atoms. The Bertz CT molecular complexity index is 1820. The third-order valence-electron chi connectivity index (χ3n) is 7.41. The number of aryl methyl sites for hydroxylation is 1. The third kappa shape index (κ3) is 5.55. The van der Waals surface area contributed by atoms with Crippen LogP contribution in [0, 0.1) is 6.92 Å². The Morgan fingerprint density at radius 3 is 2.52 bits per heavy atom. The van der Waals surface area contributed by atoms with E-state index in [0.717, 1.165) is 38.8 Å². The zero-order valence-corrected chi connectivity index (χ0v) is 23.6. The SMILES string of the molecule is Cc1ccc(NC(=O)c2cc(N3CCN(C)CC3)cc(C(F)(F)F)c2)cc1NC(=O)c1cc2cnc3[nH]ccc3c2s1. The fourth-order valence-electron chi connectivity index (χ4n) is 4.98. The van der Waals surface area contributed by atoms with E-state index in [1.165, 1.54) is 17.4 Å². The molecule has 5 aromatic rings. The van der Waals surface area contributed by atoms with Crippen LogP contribution >= 0.6 is 11.3 Å². The number of alkyl halides is 3. The molecule has 12 heteroatoms. The van der Waals surface area contributed by atoms with E-state index >= 15 is 0 Å². The summed E-state index contributed by atoms with van der Waals surface area (Å²) < 4.78 is 42.2. The summed E-state index contributed by atoms with van der Waals surface area (Å²) in [5.41, 5.74) is 1.70. The first-order chi connectivity index (χ1) is 20.0. The molecule has 216 valence electrons. The molecule has 4 heterocycles. The average Bonchev–Trinajstić information content (AvgIpc) is 3.61. The number of aromatic amines is 1. The van der Waals surface area contributed by atoms with Gasteiger partial charge in [0.25, 0.3) is 11.8 Å². The van der Waals surface area contributed by atoms with Crippen molar-refractivity contribution >= 4 is 61.3 Å². The lowest BCUT2D eigenvalue weighted by Gasteiger charge is -2.34. The monoisotopic (exact) mass is 592 g/mol. The van der Waals surface area contributed by atoms with Crippen LogP contribution < -0.4 is 15.5 Å². The summed E-state index contributed by atoms with van der Waals surface area (Å²) in [6.45, 7) is 4.36. The smallest absolute Gasteiger partial charge is 0.369 e. The largest absolute Gasteiger partial charge is 0.416 e. The van der Waals surface area contributed by atoms with Gasteiger partial charge in [0.15, 0.2) is 0 Å². The molecule has 8 nitrogen and oxygen atoms in total. The van der Waals surface area contributed by atoms with Crippen molar-refractivity contribution < 1.29 is 22.8 Å². The van der Waals surface area contributed by atoms with E-state index in [9.17, 15) is 22.8 Å². The molecule has 2 amide bonds. The maximum atomic E-state index is 13.8. The fourth-order valence-corrected chi connectivity index (χ4v) is 6.04. The van der Waals surface area contributed by atoms with Crippen LogP contribution in [0.25, 0.3) is 21.1 Å². The van der Waals surface area contributed by atoms with Gasteiger partial charge in [0.2, 0.25) is 0 Å². The molecule has 0 atom stereocenters. The summed E-state index contributed by atoms with van der Waals surface area (Å²) in [7, 11) is 1.96. The molecular formula is C30H27F3N6O2S. The number of amides is 2. The van der Waals surface area contributed by atoms with Gasteiger partial charge >= 0.3 is 6.18 Å². The fraction of sp³-hybridized carbons (Fsp3) is 0.233. The Kier molecular flexibility index (Phi) is 7.11. The number of hydrogen-bond acceptors (Lipinski definition) is 6. The summed E-state index contributed by atoms with van der Waals surface area (Å²) in [5.74, 6) is -0.994. The van der Waals surface area contributed by atoms with E-state index in [0.29, 0.717) is 48.1 Å². The van der Waals surface area contributed by atoms with Crippen molar-refractivity contribution in [1.29, 1.82) is 0 Å². The standard InChI is InChI=1S/C30H27F3N6O2S/c1-17-3-4-21(15-24(17)37-29(41)25-13-19-16-35-27-23(5-6-34-27)26(19)42-25)36-28(40)18-11-20(30(31,32)33)14-22(12-18)39-9-7-38(2)8-10-39/h3-6,11-16H,7-10H2,1-2H3,(H,34,35)(H,36,40)(H,37,41). The van der Waals surface area contributed by atoms with Crippen LogP contribution in [0.3, 0.4) is 0 Å². The average molecular weight is 593 g/mol. The Morgan fingerprint density at radius 1 is 0.976 bits per heavy atom. The first kappa shape index (κ1) is 27.7. The first-order valence-electron chi connectivity index (χ1n) is 13.3. The first-order valence-corrected chi connectivity index (χ1v) is 14.1. The maximum Gasteiger partial charge on any atom is 0.416 e. The van der Waals surface area contributed by atoms with E-state index in [1.54, 1.807) is 36.7 Å². The molecule has 3 N–H and O–H groups in total. The Labute approximate surface area is 243 Å². The normalized spacial score (nSPS) is 14.5. The number of piperazine rings is 1. The number of aromatic nitrogens is 2. The summed E-state index contributed by atoms with van der Waals surface area (Å²) in [5, 5.41) is 7.39. The Balaban J connectivity index is 1.23. The molecule has 2 aromatic carbocycles. The Hall–Kier alpha value is -4.42. The third-order valence-corrected chi connectivity index (χ3v) is 8.59. The second-order valence-electron chi connectivity index (χ2n) is 10.4. The number of halogens is 3. The predicted octanol–water partition coefficient (Wildman–Crippen LogP) is 6.36. The van der Waals surface area contributed by atoms with Crippen LogP contribution in [0.4, 0.5) is 30.2 Å². The van der Waals surface area contributed by atoms with Crippen LogP contribution in [0.1, 0.15) is 31.2 Å². The number of nitrogens with zero attached hydrogens (tertiary/aromatic N) is 3. The van der Waals surface area contributed by atoms with Crippen molar-refractivity contribution in [1.82, 2.24) is 14.9 Å². The van der Waals surface area contributed by atoms with Crippen molar-refractivity contribution in [2.24, 2.45) is 0 Å². The van der Waals surface area contributed by atoms with Gasteiger partial charge in [-0.1, -0.05) is 6.07 Å². The molecule has 1 fully saturated rings. The van der Waals surface area contributed by atoms with Crippen LogP contribution in [0.15, 0.2) is 60.9 Å². The van der Waals surface area contributed by atoms with Gasteiger partial charge in [-0.15, -0.1) is 11.3 Å².